The number of carbonyl (C=O) groups excluding carboxylic acids is 2. The fourth-order valence-electron chi connectivity index (χ4n) is 10.6. The van der Waals surface area contributed by atoms with Gasteiger partial charge >= 0.3 is 11.9 Å². The Morgan fingerprint density at radius 1 is 0.556 bits per heavy atom. The minimum absolute atomic E-state index is 0.0939. The van der Waals surface area contributed by atoms with Crippen LogP contribution in [0.4, 0.5) is 0 Å². The van der Waals surface area contributed by atoms with Gasteiger partial charge in [-0.15, -0.1) is 0 Å². The molecule has 0 N–H and O–H groups in total. The van der Waals surface area contributed by atoms with E-state index in [1.54, 1.807) is 0 Å². The molecule has 202 valence electrons. The molecule has 0 aromatic carbocycles. The lowest BCUT2D eigenvalue weighted by Crippen LogP contribution is -2.52. The first kappa shape index (κ1) is 25.2. The second-order valence-electron chi connectivity index (χ2n) is 15.9. The SMILES string of the molecule is CC(C)(CCCCC(C)(C)OC(=O)C12CC3CC(CC(C3)C1)C2)OC(=O)C12CC3CC(CC(C3)C1)C2. The van der Waals surface area contributed by atoms with Gasteiger partial charge in [0.25, 0.3) is 0 Å². The van der Waals surface area contributed by atoms with Crippen LogP contribution in [0.1, 0.15) is 130 Å². The van der Waals surface area contributed by atoms with E-state index < -0.39 is 11.2 Å². The lowest BCUT2D eigenvalue weighted by Gasteiger charge is -2.55. The van der Waals surface area contributed by atoms with E-state index in [1.165, 1.54) is 38.5 Å². The van der Waals surface area contributed by atoms with Crippen molar-refractivity contribution in [3.05, 3.63) is 0 Å². The first-order chi connectivity index (χ1) is 16.9. The van der Waals surface area contributed by atoms with Crippen molar-refractivity contribution in [3.8, 4) is 0 Å². The molecule has 0 aliphatic heterocycles. The van der Waals surface area contributed by atoms with E-state index in [4.69, 9.17) is 9.47 Å². The summed E-state index contributed by atoms with van der Waals surface area (Å²) in [6.45, 7) is 8.35. The minimum Gasteiger partial charge on any atom is -0.459 e. The molecule has 0 aromatic heterocycles. The lowest BCUT2D eigenvalue weighted by molar-refractivity contribution is -0.186. The molecule has 36 heavy (non-hydrogen) atoms. The van der Waals surface area contributed by atoms with E-state index in [-0.39, 0.29) is 22.8 Å². The normalized spacial score (nSPS) is 42.6. The molecule has 0 radical (unpaired) electrons. The molecule has 8 aliphatic carbocycles. The Labute approximate surface area is 219 Å². The second kappa shape index (κ2) is 8.73. The average molecular weight is 499 g/mol. The van der Waals surface area contributed by atoms with E-state index in [0.717, 1.165) is 99.7 Å². The summed E-state index contributed by atoms with van der Waals surface area (Å²) >= 11 is 0. The number of ether oxygens (including phenoxy) is 2. The third-order valence-electron chi connectivity index (χ3n) is 11.5. The summed E-state index contributed by atoms with van der Waals surface area (Å²) in [5.41, 5.74) is -1.22. The van der Waals surface area contributed by atoms with Gasteiger partial charge in [-0.3, -0.25) is 9.59 Å². The quantitative estimate of drug-likeness (QED) is 0.242. The van der Waals surface area contributed by atoms with E-state index in [9.17, 15) is 9.59 Å². The molecule has 4 nitrogen and oxygen atoms in total. The van der Waals surface area contributed by atoms with Crippen molar-refractivity contribution in [2.45, 2.75) is 142 Å². The topological polar surface area (TPSA) is 52.6 Å². The van der Waals surface area contributed by atoms with Crippen LogP contribution in [0.2, 0.25) is 0 Å². The Morgan fingerprint density at radius 3 is 1.06 bits per heavy atom. The summed E-state index contributed by atoms with van der Waals surface area (Å²) in [6, 6.07) is 0. The van der Waals surface area contributed by atoms with E-state index >= 15 is 0 Å². The molecule has 0 atom stereocenters. The van der Waals surface area contributed by atoms with Crippen molar-refractivity contribution in [2.75, 3.05) is 0 Å². The average Bonchev–Trinajstić information content (AvgIpc) is 2.74. The molecule has 0 spiro atoms. The molecule has 0 aromatic rings. The summed E-state index contributed by atoms with van der Waals surface area (Å²) in [6.07, 6.45) is 18.2. The van der Waals surface area contributed by atoms with E-state index in [0.29, 0.717) is 0 Å². The Hall–Kier alpha value is -1.06. The number of unbranched alkanes of at least 4 members (excludes halogenated alkanes) is 1. The Balaban J connectivity index is 0.965. The van der Waals surface area contributed by atoms with Crippen molar-refractivity contribution in [2.24, 2.45) is 46.3 Å². The maximum Gasteiger partial charge on any atom is 0.312 e. The third kappa shape index (κ3) is 4.77. The van der Waals surface area contributed by atoms with E-state index in [2.05, 4.69) is 27.7 Å². The van der Waals surface area contributed by atoms with Crippen LogP contribution in [-0.2, 0) is 19.1 Å². The summed E-state index contributed by atoms with van der Waals surface area (Å²) in [7, 11) is 0. The van der Waals surface area contributed by atoms with Gasteiger partial charge in [0, 0.05) is 0 Å². The van der Waals surface area contributed by atoms with Crippen LogP contribution >= 0.6 is 0 Å². The minimum atomic E-state index is -0.430. The number of esters is 2. The summed E-state index contributed by atoms with van der Waals surface area (Å²) in [4.78, 5) is 26.8. The smallest absolute Gasteiger partial charge is 0.312 e. The Morgan fingerprint density at radius 2 is 0.806 bits per heavy atom. The number of carbonyl (C=O) groups is 2. The van der Waals surface area contributed by atoms with Gasteiger partial charge in [-0.1, -0.05) is 0 Å². The molecule has 8 rings (SSSR count). The molecule has 0 heterocycles. The van der Waals surface area contributed by atoms with Crippen LogP contribution in [0.15, 0.2) is 0 Å². The van der Waals surface area contributed by atoms with Crippen LogP contribution in [0.5, 0.6) is 0 Å². The zero-order valence-corrected chi connectivity index (χ0v) is 23.4. The molecule has 0 unspecified atom stereocenters. The standard InChI is InChI=1S/C32H50O4/c1-29(2,35-27(33)31-15-21-9-22(16-31)11-23(10-21)17-31)7-5-6-8-30(3,4)36-28(34)32-18-24-12-25(19-32)14-26(13-24)20-32/h21-26H,5-20H2,1-4H3. The van der Waals surface area contributed by atoms with Gasteiger partial charge < -0.3 is 9.47 Å². The maximum atomic E-state index is 13.4. The third-order valence-corrected chi connectivity index (χ3v) is 11.5. The summed E-state index contributed by atoms with van der Waals surface area (Å²) < 4.78 is 12.5. The predicted octanol–water partition coefficient (Wildman–Crippen LogP) is 7.62. The molecule has 8 bridgehead atoms. The van der Waals surface area contributed by atoms with Crippen molar-refractivity contribution in [1.82, 2.24) is 0 Å². The second-order valence-corrected chi connectivity index (χ2v) is 15.9. The molecule has 8 aliphatic rings. The number of hydrogen-bond acceptors (Lipinski definition) is 4. The molecule has 8 fully saturated rings. The van der Waals surface area contributed by atoms with Gasteiger partial charge in [-0.05, 0) is 166 Å². The molecule has 0 amide bonds. The van der Waals surface area contributed by atoms with Gasteiger partial charge in [0.2, 0.25) is 0 Å². The van der Waals surface area contributed by atoms with Crippen LogP contribution in [0.25, 0.3) is 0 Å². The van der Waals surface area contributed by atoms with Gasteiger partial charge in [-0.25, -0.2) is 0 Å². The summed E-state index contributed by atoms with van der Waals surface area (Å²) in [5.74, 6) is 4.74. The Bertz CT molecular complexity index is 740. The molecular formula is C32H50O4. The zero-order chi connectivity index (χ0) is 25.3. The van der Waals surface area contributed by atoms with Crippen LogP contribution in [-0.4, -0.2) is 23.1 Å². The van der Waals surface area contributed by atoms with Crippen LogP contribution in [0, 0.1) is 46.3 Å². The van der Waals surface area contributed by atoms with Crippen LogP contribution < -0.4 is 0 Å². The zero-order valence-electron chi connectivity index (χ0n) is 23.4. The highest BCUT2D eigenvalue weighted by molar-refractivity contribution is 5.78. The largest absolute Gasteiger partial charge is 0.459 e. The van der Waals surface area contributed by atoms with Crippen LogP contribution in [0.3, 0.4) is 0 Å². The van der Waals surface area contributed by atoms with Crippen molar-refractivity contribution < 1.29 is 19.1 Å². The number of hydrogen-bond donors (Lipinski definition) is 0. The van der Waals surface area contributed by atoms with Gasteiger partial charge in [0.1, 0.15) is 11.2 Å². The van der Waals surface area contributed by atoms with Crippen molar-refractivity contribution in [3.63, 3.8) is 0 Å². The highest BCUT2D eigenvalue weighted by Crippen LogP contribution is 2.62. The van der Waals surface area contributed by atoms with Crippen molar-refractivity contribution >= 4 is 11.9 Å². The highest BCUT2D eigenvalue weighted by atomic mass is 16.6. The van der Waals surface area contributed by atoms with E-state index in [1.807, 2.05) is 0 Å². The van der Waals surface area contributed by atoms with Gasteiger partial charge in [0.15, 0.2) is 0 Å². The molecule has 0 saturated heterocycles. The Kier molecular flexibility index (Phi) is 6.12. The fourth-order valence-corrected chi connectivity index (χ4v) is 10.6. The molecular weight excluding hydrogens is 448 g/mol. The first-order valence-corrected chi connectivity index (χ1v) is 15.4. The number of rotatable bonds is 9. The van der Waals surface area contributed by atoms with Gasteiger partial charge in [0.05, 0.1) is 10.8 Å². The highest BCUT2D eigenvalue weighted by Gasteiger charge is 2.57. The first-order valence-electron chi connectivity index (χ1n) is 15.4. The lowest BCUT2D eigenvalue weighted by atomic mass is 9.49. The molecule has 8 saturated carbocycles. The maximum absolute atomic E-state index is 13.4. The van der Waals surface area contributed by atoms with Crippen molar-refractivity contribution in [1.29, 1.82) is 0 Å². The monoisotopic (exact) mass is 498 g/mol. The predicted molar refractivity (Wildman–Crippen MR) is 140 cm³/mol. The fraction of sp³-hybridized carbons (Fsp3) is 0.938. The molecule has 4 heteroatoms. The summed E-state index contributed by atoms with van der Waals surface area (Å²) in [5, 5.41) is 0. The van der Waals surface area contributed by atoms with Gasteiger partial charge in [-0.2, -0.15) is 0 Å².